The number of hydrogen-bond donors (Lipinski definition) is 2. The highest BCUT2D eigenvalue weighted by atomic mass is 19.2. The molecule has 0 aliphatic carbocycles. The third kappa shape index (κ3) is 7.53. The highest BCUT2D eigenvalue weighted by molar-refractivity contribution is 5.93. The molecule has 0 saturated carbocycles. The number of Topliss-reactive ketones (excluding diaryl/α,β-unsaturated/α-hetero) is 1. The molecule has 1 saturated heterocycles. The number of nitrogens with one attached hydrogen (secondary N) is 1. The predicted octanol–water partition coefficient (Wildman–Crippen LogP) is 3.02. The van der Waals surface area contributed by atoms with Crippen LogP contribution in [-0.2, 0) is 25.6 Å². The van der Waals surface area contributed by atoms with E-state index in [1.54, 1.807) is 4.90 Å². The first-order valence-electron chi connectivity index (χ1n) is 11.9. The lowest BCUT2D eigenvalue weighted by atomic mass is 9.94. The van der Waals surface area contributed by atoms with Crippen LogP contribution in [0.4, 0.5) is 17.6 Å². The first-order valence-corrected chi connectivity index (χ1v) is 11.9. The molecule has 1 atom stereocenters. The van der Waals surface area contributed by atoms with Crippen molar-refractivity contribution in [3.05, 3.63) is 65.2 Å². The summed E-state index contributed by atoms with van der Waals surface area (Å²) in [6.45, 7) is -0.546. The summed E-state index contributed by atoms with van der Waals surface area (Å²) < 4.78 is 58.8. The topological polar surface area (TPSA) is 113 Å². The van der Waals surface area contributed by atoms with Gasteiger partial charge in [-0.2, -0.15) is 8.78 Å². The smallest absolute Gasteiger partial charge is 0.305 e. The lowest BCUT2D eigenvalue weighted by molar-refractivity contribution is -0.141. The number of likely N-dealkylation sites (tertiary alicyclic amines) is 1. The van der Waals surface area contributed by atoms with Crippen molar-refractivity contribution in [1.29, 1.82) is 0 Å². The number of piperidine rings is 1. The predicted molar refractivity (Wildman–Crippen MR) is 125 cm³/mol. The van der Waals surface area contributed by atoms with E-state index in [1.165, 1.54) is 0 Å². The first kappa shape index (κ1) is 28.6. The molecule has 1 fully saturated rings. The van der Waals surface area contributed by atoms with Crippen LogP contribution in [0, 0.1) is 29.2 Å². The minimum atomic E-state index is -1.86. The van der Waals surface area contributed by atoms with Crippen molar-refractivity contribution in [2.45, 2.75) is 38.1 Å². The Bertz CT molecular complexity index is 1160. The van der Waals surface area contributed by atoms with Crippen LogP contribution in [0.15, 0.2) is 36.4 Å². The molecule has 1 aliphatic heterocycles. The van der Waals surface area contributed by atoms with Crippen molar-refractivity contribution in [2.75, 3.05) is 19.7 Å². The molecule has 38 heavy (non-hydrogen) atoms. The average Bonchev–Trinajstić information content (AvgIpc) is 2.90. The molecule has 8 nitrogen and oxygen atoms in total. The summed E-state index contributed by atoms with van der Waals surface area (Å²) in [6.07, 6.45) is 0.607. The van der Waals surface area contributed by atoms with Gasteiger partial charge in [0.25, 0.3) is 0 Å². The Labute approximate surface area is 215 Å². The van der Waals surface area contributed by atoms with E-state index < -0.39 is 71.7 Å². The Hall–Kier alpha value is -3.96. The van der Waals surface area contributed by atoms with Crippen LogP contribution in [0.25, 0.3) is 0 Å². The Kier molecular flexibility index (Phi) is 9.80. The Morgan fingerprint density at radius 3 is 2.18 bits per heavy atom. The lowest BCUT2D eigenvalue weighted by Gasteiger charge is -2.32. The van der Waals surface area contributed by atoms with Gasteiger partial charge in [-0.05, 0) is 24.8 Å². The molecular formula is C26H26F4N2O6. The van der Waals surface area contributed by atoms with Gasteiger partial charge in [0.05, 0.1) is 6.42 Å². The molecule has 12 heteroatoms. The van der Waals surface area contributed by atoms with Crippen LogP contribution in [0.2, 0.25) is 0 Å². The number of carboxylic acid groups (broad SMARTS) is 1. The Morgan fingerprint density at radius 1 is 1.00 bits per heavy atom. The quantitative estimate of drug-likeness (QED) is 0.336. The molecule has 0 bridgehead atoms. The fourth-order valence-electron chi connectivity index (χ4n) is 4.08. The van der Waals surface area contributed by atoms with Crippen molar-refractivity contribution >= 4 is 23.6 Å². The van der Waals surface area contributed by atoms with Gasteiger partial charge in [0.1, 0.15) is 12.6 Å². The fraction of sp³-hybridized carbons (Fsp3) is 0.385. The summed E-state index contributed by atoms with van der Waals surface area (Å²) in [7, 11) is 0. The second-order valence-electron chi connectivity index (χ2n) is 8.85. The van der Waals surface area contributed by atoms with Crippen molar-refractivity contribution in [1.82, 2.24) is 10.2 Å². The van der Waals surface area contributed by atoms with Gasteiger partial charge >= 0.3 is 5.97 Å². The van der Waals surface area contributed by atoms with Crippen molar-refractivity contribution in [2.24, 2.45) is 5.92 Å². The van der Waals surface area contributed by atoms with Crippen LogP contribution in [0.3, 0.4) is 0 Å². The summed E-state index contributed by atoms with van der Waals surface area (Å²) in [4.78, 5) is 50.6. The Morgan fingerprint density at radius 2 is 1.61 bits per heavy atom. The number of amides is 2. The number of carboxylic acids is 1. The molecule has 1 heterocycles. The lowest BCUT2D eigenvalue weighted by Crippen LogP contribution is -2.49. The monoisotopic (exact) mass is 538 g/mol. The Balaban J connectivity index is 1.53. The maximum Gasteiger partial charge on any atom is 0.305 e. The molecule has 2 aromatic rings. The summed E-state index contributed by atoms with van der Waals surface area (Å²) >= 11 is 0. The zero-order valence-electron chi connectivity index (χ0n) is 20.2. The number of carbonyl (C=O) groups is 4. The van der Waals surface area contributed by atoms with Crippen LogP contribution in [0.5, 0.6) is 5.75 Å². The van der Waals surface area contributed by atoms with Crippen molar-refractivity contribution in [3.8, 4) is 5.75 Å². The number of carbonyl (C=O) groups excluding carboxylic acids is 3. The molecule has 2 amide bonds. The van der Waals surface area contributed by atoms with E-state index in [0.717, 1.165) is 5.56 Å². The molecule has 0 aromatic heterocycles. The molecule has 0 radical (unpaired) electrons. The number of ether oxygens (including phenoxy) is 1. The maximum atomic E-state index is 13.8. The molecule has 0 spiro atoms. The number of ketones is 1. The van der Waals surface area contributed by atoms with E-state index in [-0.39, 0.29) is 24.8 Å². The molecule has 3 rings (SSSR count). The number of aliphatic carboxylic acids is 1. The number of aryl methyl sites for hydroxylation is 1. The number of benzene rings is 2. The minimum Gasteiger partial charge on any atom is -0.481 e. The van der Waals surface area contributed by atoms with E-state index in [1.807, 2.05) is 30.3 Å². The van der Waals surface area contributed by atoms with Gasteiger partial charge in [-0.15, -0.1) is 0 Å². The van der Waals surface area contributed by atoms with Crippen LogP contribution in [-0.4, -0.2) is 59.3 Å². The highest BCUT2D eigenvalue weighted by Crippen LogP contribution is 2.26. The molecule has 2 aromatic carbocycles. The van der Waals surface area contributed by atoms with E-state index in [0.29, 0.717) is 25.9 Å². The summed E-state index contributed by atoms with van der Waals surface area (Å²) in [6, 6.07) is 7.85. The number of rotatable bonds is 11. The number of nitrogens with zero attached hydrogens (tertiary/aromatic N) is 1. The van der Waals surface area contributed by atoms with Gasteiger partial charge in [0, 0.05) is 31.5 Å². The zero-order chi connectivity index (χ0) is 27.8. The maximum absolute atomic E-state index is 13.8. The van der Waals surface area contributed by atoms with Crippen LogP contribution < -0.4 is 10.1 Å². The normalized spacial score (nSPS) is 14.6. The molecule has 2 N–H and O–H groups in total. The second-order valence-corrected chi connectivity index (χ2v) is 8.85. The van der Waals surface area contributed by atoms with Gasteiger partial charge in [-0.25, -0.2) is 8.78 Å². The molecular weight excluding hydrogens is 512 g/mol. The second kappa shape index (κ2) is 13.0. The zero-order valence-corrected chi connectivity index (χ0v) is 20.2. The SMILES string of the molecule is O=C(O)C[C@H](NC(=O)C1CCN(C(=O)CCc2ccccc2)CC1)C(=O)COc1c(F)c(F)cc(F)c1F. The van der Waals surface area contributed by atoms with E-state index >= 15 is 0 Å². The third-order valence-corrected chi connectivity index (χ3v) is 6.20. The van der Waals surface area contributed by atoms with Gasteiger partial charge in [-0.3, -0.25) is 19.2 Å². The highest BCUT2D eigenvalue weighted by Gasteiger charge is 2.31. The number of halogens is 4. The largest absolute Gasteiger partial charge is 0.481 e. The standard InChI is InChI=1S/C26H26F4N2O6/c27-17-12-18(28)24(30)25(23(17)29)38-14-20(33)19(13-22(35)36)31-26(37)16-8-10-32(11-9-16)21(34)7-6-15-4-2-1-3-5-15/h1-5,12,16,19H,6-11,13-14H2,(H,31,37)(H,35,36)/t19-/m0/s1. The van der Waals surface area contributed by atoms with Crippen LogP contribution >= 0.6 is 0 Å². The van der Waals surface area contributed by atoms with Gasteiger partial charge in [0.2, 0.25) is 23.4 Å². The summed E-state index contributed by atoms with van der Waals surface area (Å²) in [5.41, 5.74) is 1.03. The first-order chi connectivity index (χ1) is 18.1. The number of hydrogen-bond acceptors (Lipinski definition) is 5. The summed E-state index contributed by atoms with van der Waals surface area (Å²) in [5.74, 6) is -12.5. The van der Waals surface area contributed by atoms with Crippen LogP contribution in [0.1, 0.15) is 31.2 Å². The van der Waals surface area contributed by atoms with Crippen molar-refractivity contribution < 1.29 is 46.6 Å². The minimum absolute atomic E-state index is 0.0328. The van der Waals surface area contributed by atoms with Gasteiger partial charge in [-0.1, -0.05) is 30.3 Å². The molecule has 0 unspecified atom stereocenters. The fourth-order valence-corrected chi connectivity index (χ4v) is 4.08. The molecule has 1 aliphatic rings. The third-order valence-electron chi connectivity index (χ3n) is 6.20. The van der Waals surface area contributed by atoms with Gasteiger partial charge in [0.15, 0.2) is 23.2 Å². The average molecular weight is 538 g/mol. The van der Waals surface area contributed by atoms with E-state index in [9.17, 15) is 36.7 Å². The van der Waals surface area contributed by atoms with Gasteiger partial charge < -0.3 is 20.1 Å². The van der Waals surface area contributed by atoms with E-state index in [4.69, 9.17) is 5.11 Å². The molecule has 204 valence electrons. The van der Waals surface area contributed by atoms with Crippen molar-refractivity contribution in [3.63, 3.8) is 0 Å². The summed E-state index contributed by atoms with van der Waals surface area (Å²) in [5, 5.41) is 11.4. The van der Waals surface area contributed by atoms with E-state index in [2.05, 4.69) is 10.1 Å².